The zero-order valence-corrected chi connectivity index (χ0v) is 19.8. The minimum atomic E-state index is -0.472. The Bertz CT molecular complexity index is 1440. The van der Waals surface area contributed by atoms with Crippen molar-refractivity contribution in [3.05, 3.63) is 102 Å². The van der Waals surface area contributed by atoms with Crippen LogP contribution in [-0.4, -0.2) is 27.8 Å². The van der Waals surface area contributed by atoms with Crippen molar-refractivity contribution in [1.82, 2.24) is 15.2 Å². The van der Waals surface area contributed by atoms with Gasteiger partial charge in [0, 0.05) is 22.1 Å². The molecule has 0 saturated heterocycles. The molecule has 0 aliphatic rings. The van der Waals surface area contributed by atoms with Crippen molar-refractivity contribution in [3.8, 4) is 33.6 Å². The number of nitrogens with zero attached hydrogens (tertiary/aromatic N) is 3. The highest BCUT2D eigenvalue weighted by molar-refractivity contribution is 7.14. The van der Waals surface area contributed by atoms with Crippen LogP contribution in [0.25, 0.3) is 33.6 Å². The summed E-state index contributed by atoms with van der Waals surface area (Å²) in [5, 5.41) is 14.8. The van der Waals surface area contributed by atoms with Crippen LogP contribution in [0.3, 0.4) is 0 Å². The number of hydrogen-bond donors (Lipinski definition) is 1. The lowest BCUT2D eigenvalue weighted by Gasteiger charge is -2.16. The highest BCUT2D eigenvalue weighted by Crippen LogP contribution is 2.37. The number of anilines is 2. The topological polar surface area (TPSA) is 77.0 Å². The lowest BCUT2D eigenvalue weighted by molar-refractivity contribution is 0.0528. The van der Waals surface area contributed by atoms with Crippen LogP contribution in [0, 0.1) is 0 Å². The van der Waals surface area contributed by atoms with Crippen molar-refractivity contribution in [2.75, 3.05) is 11.9 Å². The van der Waals surface area contributed by atoms with Crippen molar-refractivity contribution in [1.29, 1.82) is 0 Å². The number of carbonyl (C=O) groups is 1. The summed E-state index contributed by atoms with van der Waals surface area (Å²) in [4.78, 5) is 18.0. The number of hydrogen-bond acceptors (Lipinski definition) is 7. The quantitative estimate of drug-likeness (QED) is 0.258. The van der Waals surface area contributed by atoms with Gasteiger partial charge in [0.25, 0.3) is 0 Å². The van der Waals surface area contributed by atoms with Gasteiger partial charge in [-0.2, -0.15) is 0 Å². The first kappa shape index (κ1) is 22.4. The monoisotopic (exact) mass is 478 g/mol. The molecule has 0 atom stereocenters. The molecule has 3 aromatic carbocycles. The second kappa shape index (κ2) is 10.3. The van der Waals surface area contributed by atoms with E-state index in [2.05, 4.69) is 15.5 Å². The number of nitrogens with one attached hydrogen (secondary N) is 1. The summed E-state index contributed by atoms with van der Waals surface area (Å²) in [6.07, 6.45) is 0. The molecule has 2 heterocycles. The molecule has 0 unspecified atom stereocenters. The van der Waals surface area contributed by atoms with Crippen LogP contribution in [0.15, 0.2) is 96.4 Å². The van der Waals surface area contributed by atoms with E-state index in [-0.39, 0.29) is 6.61 Å². The number of esters is 1. The Morgan fingerprint density at radius 3 is 2.06 bits per heavy atom. The van der Waals surface area contributed by atoms with Gasteiger partial charge in [-0.3, -0.25) is 0 Å². The standard InChI is InChI=1S/C28H22N4O2S/c1-2-34-27(33)24-23(20-14-8-4-9-15-20)25(21-16-10-5-11-17-21)31-32-26(24)30-28-29-22(18-35-28)19-12-6-3-7-13-19/h3-18H,2H2,1H3,(H,29,30,32). The Hall–Kier alpha value is -4.36. The van der Waals surface area contributed by atoms with E-state index < -0.39 is 5.97 Å². The third kappa shape index (κ3) is 4.81. The molecule has 1 N–H and O–H groups in total. The lowest BCUT2D eigenvalue weighted by atomic mass is 9.95. The summed E-state index contributed by atoms with van der Waals surface area (Å²) in [5.74, 6) is -0.170. The van der Waals surface area contributed by atoms with Crippen molar-refractivity contribution < 1.29 is 9.53 Å². The number of rotatable bonds is 7. The minimum absolute atomic E-state index is 0.241. The molecular formula is C28H22N4O2S. The van der Waals surface area contributed by atoms with E-state index in [4.69, 9.17) is 9.72 Å². The Labute approximate surface area is 207 Å². The molecule has 6 nitrogen and oxygen atoms in total. The van der Waals surface area contributed by atoms with Gasteiger partial charge < -0.3 is 10.1 Å². The number of carbonyl (C=O) groups excluding carboxylic acids is 1. The normalized spacial score (nSPS) is 10.7. The zero-order chi connectivity index (χ0) is 24.0. The first-order chi connectivity index (χ1) is 17.2. The van der Waals surface area contributed by atoms with E-state index in [0.717, 1.165) is 22.4 Å². The van der Waals surface area contributed by atoms with Crippen LogP contribution >= 0.6 is 11.3 Å². The molecule has 0 bridgehead atoms. The summed E-state index contributed by atoms with van der Waals surface area (Å²) in [6, 6.07) is 29.3. The SMILES string of the molecule is CCOC(=O)c1c(Nc2nc(-c3ccccc3)cs2)nnc(-c2ccccc2)c1-c1ccccc1. The number of aromatic nitrogens is 3. The van der Waals surface area contributed by atoms with E-state index in [1.807, 2.05) is 96.4 Å². The van der Waals surface area contributed by atoms with Gasteiger partial charge in [0.2, 0.25) is 0 Å². The van der Waals surface area contributed by atoms with Crippen molar-refractivity contribution in [2.45, 2.75) is 6.92 Å². The highest BCUT2D eigenvalue weighted by Gasteiger charge is 2.26. The van der Waals surface area contributed by atoms with Crippen LogP contribution < -0.4 is 5.32 Å². The maximum absolute atomic E-state index is 13.3. The largest absolute Gasteiger partial charge is 0.462 e. The van der Waals surface area contributed by atoms with Crippen molar-refractivity contribution >= 4 is 28.3 Å². The number of benzene rings is 3. The molecule has 0 radical (unpaired) electrons. The fourth-order valence-electron chi connectivity index (χ4n) is 3.78. The zero-order valence-electron chi connectivity index (χ0n) is 19.0. The molecule has 2 aromatic heterocycles. The van der Waals surface area contributed by atoms with E-state index in [9.17, 15) is 4.79 Å². The Morgan fingerprint density at radius 2 is 1.43 bits per heavy atom. The van der Waals surface area contributed by atoms with Crippen molar-refractivity contribution in [3.63, 3.8) is 0 Å². The van der Waals surface area contributed by atoms with Gasteiger partial charge in [0.05, 0.1) is 12.3 Å². The smallest absolute Gasteiger partial charge is 0.342 e. The van der Waals surface area contributed by atoms with E-state index in [1.165, 1.54) is 11.3 Å². The fourth-order valence-corrected chi connectivity index (χ4v) is 4.50. The molecule has 7 heteroatoms. The van der Waals surface area contributed by atoms with Crippen LogP contribution in [0.5, 0.6) is 0 Å². The Morgan fingerprint density at radius 1 is 0.829 bits per heavy atom. The van der Waals surface area contributed by atoms with Gasteiger partial charge in [-0.1, -0.05) is 91.0 Å². The molecule has 35 heavy (non-hydrogen) atoms. The lowest BCUT2D eigenvalue weighted by Crippen LogP contribution is -2.13. The molecule has 0 saturated carbocycles. The molecular weight excluding hydrogens is 456 g/mol. The summed E-state index contributed by atoms with van der Waals surface area (Å²) in [6.45, 7) is 2.03. The maximum atomic E-state index is 13.3. The predicted molar refractivity (Wildman–Crippen MR) is 140 cm³/mol. The average Bonchev–Trinajstić information content (AvgIpc) is 3.38. The highest BCUT2D eigenvalue weighted by atomic mass is 32.1. The van der Waals surface area contributed by atoms with Crippen LogP contribution in [0.2, 0.25) is 0 Å². The second-order valence-electron chi connectivity index (χ2n) is 7.63. The molecule has 5 rings (SSSR count). The van der Waals surface area contributed by atoms with Gasteiger partial charge in [0.1, 0.15) is 11.3 Å². The maximum Gasteiger partial charge on any atom is 0.342 e. The number of ether oxygens (including phenoxy) is 1. The fraction of sp³-hybridized carbons (Fsp3) is 0.0714. The predicted octanol–water partition coefficient (Wildman–Crippen LogP) is 6.85. The molecule has 0 spiro atoms. The number of thiazole rings is 1. The van der Waals surface area contributed by atoms with Gasteiger partial charge in [0.15, 0.2) is 10.9 Å². The third-order valence-corrected chi connectivity index (χ3v) is 6.12. The van der Waals surface area contributed by atoms with Crippen LogP contribution in [-0.2, 0) is 4.74 Å². The average molecular weight is 479 g/mol. The van der Waals surface area contributed by atoms with E-state index in [1.54, 1.807) is 6.92 Å². The summed E-state index contributed by atoms with van der Waals surface area (Å²) in [7, 11) is 0. The van der Waals surface area contributed by atoms with Gasteiger partial charge in [-0.05, 0) is 12.5 Å². The second-order valence-corrected chi connectivity index (χ2v) is 8.49. The first-order valence-electron chi connectivity index (χ1n) is 11.2. The van der Waals surface area contributed by atoms with Gasteiger partial charge in [-0.25, -0.2) is 9.78 Å². The first-order valence-corrected chi connectivity index (χ1v) is 12.1. The molecule has 5 aromatic rings. The van der Waals surface area contributed by atoms with Gasteiger partial charge in [-0.15, -0.1) is 21.5 Å². The van der Waals surface area contributed by atoms with Crippen LogP contribution in [0.4, 0.5) is 10.9 Å². The Kier molecular flexibility index (Phi) is 6.59. The summed E-state index contributed by atoms with van der Waals surface area (Å²) >= 11 is 1.43. The van der Waals surface area contributed by atoms with Gasteiger partial charge >= 0.3 is 5.97 Å². The Balaban J connectivity index is 1.66. The summed E-state index contributed by atoms with van der Waals surface area (Å²) < 4.78 is 5.47. The summed E-state index contributed by atoms with van der Waals surface area (Å²) in [5.41, 5.74) is 5.14. The van der Waals surface area contributed by atoms with E-state index in [0.29, 0.717) is 27.8 Å². The molecule has 0 aliphatic heterocycles. The minimum Gasteiger partial charge on any atom is -0.462 e. The van der Waals surface area contributed by atoms with Crippen LogP contribution in [0.1, 0.15) is 17.3 Å². The molecule has 172 valence electrons. The molecule has 0 fully saturated rings. The third-order valence-electron chi connectivity index (χ3n) is 5.36. The van der Waals surface area contributed by atoms with Crippen molar-refractivity contribution in [2.24, 2.45) is 0 Å². The molecule has 0 aliphatic carbocycles. The molecule has 0 amide bonds. The van der Waals surface area contributed by atoms with E-state index >= 15 is 0 Å².